The SMILES string of the molecule is CCN(CC)c1ccc(NC(=O)NCc2cccc(C)c2)c(C)c1. The topological polar surface area (TPSA) is 44.4 Å². The first-order valence-electron chi connectivity index (χ1n) is 8.49. The zero-order valence-corrected chi connectivity index (χ0v) is 15.0. The van der Waals surface area contributed by atoms with E-state index in [1.807, 2.05) is 38.1 Å². The van der Waals surface area contributed by atoms with E-state index < -0.39 is 0 Å². The number of aryl methyl sites for hydroxylation is 2. The highest BCUT2D eigenvalue weighted by molar-refractivity contribution is 5.90. The Morgan fingerprint density at radius 3 is 2.42 bits per heavy atom. The first-order valence-corrected chi connectivity index (χ1v) is 8.49. The molecule has 0 saturated carbocycles. The molecule has 2 aromatic carbocycles. The predicted molar refractivity (Wildman–Crippen MR) is 102 cm³/mol. The molecule has 2 rings (SSSR count). The van der Waals surface area contributed by atoms with Crippen LogP contribution in [-0.2, 0) is 6.54 Å². The lowest BCUT2D eigenvalue weighted by Crippen LogP contribution is -2.28. The van der Waals surface area contributed by atoms with Gasteiger partial charge in [0, 0.05) is 31.0 Å². The summed E-state index contributed by atoms with van der Waals surface area (Å²) in [6, 6.07) is 14.1. The van der Waals surface area contributed by atoms with Crippen LogP contribution >= 0.6 is 0 Å². The van der Waals surface area contributed by atoms with Crippen LogP contribution in [0.3, 0.4) is 0 Å². The Bertz CT molecular complexity index is 693. The molecule has 0 radical (unpaired) electrons. The number of amides is 2. The average Bonchev–Trinajstić information content (AvgIpc) is 2.56. The number of nitrogens with one attached hydrogen (secondary N) is 2. The largest absolute Gasteiger partial charge is 0.372 e. The molecule has 0 aliphatic rings. The first kappa shape index (κ1) is 17.9. The average molecular weight is 325 g/mol. The molecular formula is C20H27N3O. The van der Waals surface area contributed by atoms with Gasteiger partial charge in [-0.1, -0.05) is 29.8 Å². The van der Waals surface area contributed by atoms with Gasteiger partial charge in [-0.15, -0.1) is 0 Å². The minimum absolute atomic E-state index is 0.185. The maximum Gasteiger partial charge on any atom is 0.319 e. The number of hydrogen-bond donors (Lipinski definition) is 2. The van der Waals surface area contributed by atoms with Crippen LogP contribution < -0.4 is 15.5 Å². The van der Waals surface area contributed by atoms with Crippen LogP contribution in [0, 0.1) is 13.8 Å². The van der Waals surface area contributed by atoms with Crippen LogP contribution in [0.5, 0.6) is 0 Å². The van der Waals surface area contributed by atoms with E-state index in [9.17, 15) is 4.79 Å². The van der Waals surface area contributed by atoms with Crippen molar-refractivity contribution in [2.45, 2.75) is 34.2 Å². The summed E-state index contributed by atoms with van der Waals surface area (Å²) in [7, 11) is 0. The Labute approximate surface area is 144 Å². The Morgan fingerprint density at radius 1 is 1.04 bits per heavy atom. The zero-order valence-electron chi connectivity index (χ0n) is 15.0. The van der Waals surface area contributed by atoms with Gasteiger partial charge in [0.25, 0.3) is 0 Å². The molecule has 0 aromatic heterocycles. The van der Waals surface area contributed by atoms with Crippen molar-refractivity contribution < 1.29 is 4.79 Å². The monoisotopic (exact) mass is 325 g/mol. The molecule has 128 valence electrons. The summed E-state index contributed by atoms with van der Waals surface area (Å²) in [5.41, 5.74) is 5.37. The van der Waals surface area contributed by atoms with Crippen LogP contribution in [0.25, 0.3) is 0 Å². The van der Waals surface area contributed by atoms with Gasteiger partial charge in [-0.3, -0.25) is 0 Å². The van der Waals surface area contributed by atoms with Crippen LogP contribution in [0.2, 0.25) is 0 Å². The molecule has 0 aliphatic heterocycles. The molecule has 0 heterocycles. The number of rotatable bonds is 6. The maximum absolute atomic E-state index is 12.1. The third-order valence-electron chi connectivity index (χ3n) is 4.12. The summed E-state index contributed by atoms with van der Waals surface area (Å²) in [5.74, 6) is 0. The number of urea groups is 1. The van der Waals surface area contributed by atoms with E-state index in [4.69, 9.17) is 0 Å². The van der Waals surface area contributed by atoms with Crippen molar-refractivity contribution in [2.24, 2.45) is 0 Å². The number of benzene rings is 2. The van der Waals surface area contributed by atoms with Crippen LogP contribution in [-0.4, -0.2) is 19.1 Å². The van der Waals surface area contributed by atoms with Crippen molar-refractivity contribution >= 4 is 17.4 Å². The van der Waals surface area contributed by atoms with Crippen molar-refractivity contribution in [1.29, 1.82) is 0 Å². The first-order chi connectivity index (χ1) is 11.5. The minimum atomic E-state index is -0.185. The standard InChI is InChI=1S/C20H27N3O/c1-5-23(6-2)18-10-11-19(16(4)13-18)22-20(24)21-14-17-9-7-8-15(3)12-17/h7-13H,5-6,14H2,1-4H3,(H2,21,22,24). The van der Waals surface area contributed by atoms with Crippen molar-refractivity contribution in [3.63, 3.8) is 0 Å². The second kappa shape index (κ2) is 8.39. The van der Waals surface area contributed by atoms with E-state index in [2.05, 4.69) is 47.6 Å². The van der Waals surface area contributed by atoms with Crippen molar-refractivity contribution in [3.8, 4) is 0 Å². The number of hydrogen-bond acceptors (Lipinski definition) is 2. The molecule has 24 heavy (non-hydrogen) atoms. The van der Waals surface area contributed by atoms with E-state index >= 15 is 0 Å². The molecule has 4 heteroatoms. The Morgan fingerprint density at radius 2 is 1.79 bits per heavy atom. The molecule has 4 nitrogen and oxygen atoms in total. The minimum Gasteiger partial charge on any atom is -0.372 e. The lowest BCUT2D eigenvalue weighted by molar-refractivity contribution is 0.251. The van der Waals surface area contributed by atoms with Crippen molar-refractivity contribution in [3.05, 3.63) is 59.2 Å². The van der Waals surface area contributed by atoms with E-state index in [1.54, 1.807) is 0 Å². The van der Waals surface area contributed by atoms with E-state index in [1.165, 1.54) is 11.3 Å². The summed E-state index contributed by atoms with van der Waals surface area (Å²) >= 11 is 0. The summed E-state index contributed by atoms with van der Waals surface area (Å²) < 4.78 is 0. The van der Waals surface area contributed by atoms with E-state index in [0.717, 1.165) is 29.9 Å². The molecule has 0 spiro atoms. The van der Waals surface area contributed by atoms with Gasteiger partial charge in [0.1, 0.15) is 0 Å². The van der Waals surface area contributed by atoms with E-state index in [-0.39, 0.29) is 6.03 Å². The summed E-state index contributed by atoms with van der Waals surface area (Å²) in [6.45, 7) is 10.8. The van der Waals surface area contributed by atoms with Crippen molar-refractivity contribution in [1.82, 2.24) is 5.32 Å². The number of anilines is 2. The smallest absolute Gasteiger partial charge is 0.319 e. The molecule has 0 unspecified atom stereocenters. The van der Waals surface area contributed by atoms with Gasteiger partial charge in [0.2, 0.25) is 0 Å². The van der Waals surface area contributed by atoms with Crippen LogP contribution in [0.15, 0.2) is 42.5 Å². The van der Waals surface area contributed by atoms with E-state index in [0.29, 0.717) is 6.54 Å². The molecule has 0 atom stereocenters. The molecule has 2 amide bonds. The van der Waals surface area contributed by atoms with Gasteiger partial charge in [0.15, 0.2) is 0 Å². The summed E-state index contributed by atoms with van der Waals surface area (Å²) in [4.78, 5) is 14.4. The highest BCUT2D eigenvalue weighted by Gasteiger charge is 2.07. The van der Waals surface area contributed by atoms with Gasteiger partial charge < -0.3 is 15.5 Å². The molecule has 0 aliphatic carbocycles. The fraction of sp³-hybridized carbons (Fsp3) is 0.350. The molecule has 0 saturated heterocycles. The van der Waals surface area contributed by atoms with Gasteiger partial charge in [0.05, 0.1) is 0 Å². The molecule has 2 N–H and O–H groups in total. The normalized spacial score (nSPS) is 10.3. The van der Waals surface area contributed by atoms with Crippen molar-refractivity contribution in [2.75, 3.05) is 23.3 Å². The fourth-order valence-electron chi connectivity index (χ4n) is 2.74. The zero-order chi connectivity index (χ0) is 17.5. The number of nitrogens with zero attached hydrogens (tertiary/aromatic N) is 1. The highest BCUT2D eigenvalue weighted by atomic mass is 16.2. The quantitative estimate of drug-likeness (QED) is 0.823. The van der Waals surface area contributed by atoms with Crippen LogP contribution in [0.1, 0.15) is 30.5 Å². The lowest BCUT2D eigenvalue weighted by atomic mass is 10.1. The molecule has 0 fully saturated rings. The third kappa shape index (κ3) is 4.75. The Balaban J connectivity index is 1.96. The number of carbonyl (C=O) groups is 1. The maximum atomic E-state index is 12.1. The fourth-order valence-corrected chi connectivity index (χ4v) is 2.74. The highest BCUT2D eigenvalue weighted by Crippen LogP contribution is 2.22. The van der Waals surface area contributed by atoms with Gasteiger partial charge in [-0.2, -0.15) is 0 Å². The number of carbonyl (C=O) groups excluding carboxylic acids is 1. The van der Waals surface area contributed by atoms with Gasteiger partial charge in [-0.25, -0.2) is 4.79 Å². The second-order valence-electron chi connectivity index (χ2n) is 5.97. The lowest BCUT2D eigenvalue weighted by Gasteiger charge is -2.22. The summed E-state index contributed by atoms with van der Waals surface area (Å²) in [6.07, 6.45) is 0. The predicted octanol–water partition coefficient (Wildman–Crippen LogP) is 4.47. The Kier molecular flexibility index (Phi) is 6.24. The van der Waals surface area contributed by atoms with Gasteiger partial charge in [-0.05, 0) is 57.0 Å². The summed E-state index contributed by atoms with van der Waals surface area (Å²) in [5, 5.41) is 5.83. The van der Waals surface area contributed by atoms with Crippen LogP contribution in [0.4, 0.5) is 16.2 Å². The third-order valence-corrected chi connectivity index (χ3v) is 4.12. The second-order valence-corrected chi connectivity index (χ2v) is 5.97. The molecule has 2 aromatic rings. The van der Waals surface area contributed by atoms with Gasteiger partial charge >= 0.3 is 6.03 Å². The Hall–Kier alpha value is -2.49. The molecular weight excluding hydrogens is 298 g/mol. The molecule has 0 bridgehead atoms.